The van der Waals surface area contributed by atoms with Gasteiger partial charge in [-0.3, -0.25) is 9.59 Å². The molecule has 3 unspecified atom stereocenters. The molecular weight excluding hydrogens is 704 g/mol. The van der Waals surface area contributed by atoms with Crippen LogP contribution in [0.5, 0.6) is 5.75 Å². The van der Waals surface area contributed by atoms with Gasteiger partial charge < -0.3 is 15.2 Å². The van der Waals surface area contributed by atoms with Crippen molar-refractivity contribution in [1.82, 2.24) is 5.32 Å². The normalized spacial score (nSPS) is 16.9. The smallest absolute Gasteiger partial charge is 0.305 e. The number of alkyl halides is 1. The number of ether oxygens (including phenoxy) is 1. The van der Waals surface area contributed by atoms with E-state index in [1.165, 1.54) is 16.7 Å². The first-order valence-corrected chi connectivity index (χ1v) is 15.3. The summed E-state index contributed by atoms with van der Waals surface area (Å²) in [6.45, 7) is 11.3. The van der Waals surface area contributed by atoms with Gasteiger partial charge in [-0.05, 0) is 93.8 Å². The maximum absolute atomic E-state index is 12.3. The van der Waals surface area contributed by atoms with Crippen LogP contribution in [0.25, 0.3) is 5.57 Å². The first-order valence-electron chi connectivity index (χ1n) is 12.9. The van der Waals surface area contributed by atoms with Crippen LogP contribution in [0.4, 0.5) is 0 Å². The third-order valence-electron chi connectivity index (χ3n) is 6.75. The highest BCUT2D eigenvalue weighted by atomic mass is 127. The van der Waals surface area contributed by atoms with E-state index < -0.39 is 5.97 Å². The second-order valence-electron chi connectivity index (χ2n) is 11.0. The molecule has 7 heteroatoms. The monoisotopic (exact) mass is 741 g/mol. The molecule has 3 rings (SSSR count). The van der Waals surface area contributed by atoms with E-state index in [1.54, 1.807) is 12.1 Å². The van der Waals surface area contributed by atoms with Gasteiger partial charge in [0.2, 0.25) is 0 Å². The molecule has 1 aliphatic carbocycles. The summed E-state index contributed by atoms with van der Waals surface area (Å²) in [5.74, 6) is 0.164. The fourth-order valence-corrected chi connectivity index (χ4v) is 6.05. The fourth-order valence-electron chi connectivity index (χ4n) is 4.54. The Labute approximate surface area is 253 Å². The van der Waals surface area contributed by atoms with Crippen LogP contribution in [0, 0.1) is 21.8 Å². The van der Waals surface area contributed by atoms with Crippen molar-refractivity contribution < 1.29 is 19.4 Å². The van der Waals surface area contributed by atoms with Gasteiger partial charge in [0.1, 0.15) is 11.9 Å². The molecule has 2 aromatic rings. The number of carbonyl (C=O) groups excluding carboxylic acids is 1. The number of carbonyl (C=O) groups is 2. The second kappa shape index (κ2) is 13.5. The highest BCUT2D eigenvalue weighted by Gasteiger charge is 2.24. The lowest BCUT2D eigenvalue weighted by molar-refractivity contribution is -0.136. The quantitative estimate of drug-likeness (QED) is 0.191. The van der Waals surface area contributed by atoms with Gasteiger partial charge in [-0.1, -0.05) is 80.6 Å². The maximum Gasteiger partial charge on any atom is 0.305 e. The molecule has 0 heterocycles. The lowest BCUT2D eigenvalue weighted by atomic mass is 9.76. The van der Waals surface area contributed by atoms with Crippen LogP contribution in [0.15, 0.2) is 54.6 Å². The lowest BCUT2D eigenvalue weighted by Gasteiger charge is -2.30. The Balaban J connectivity index is 1.77. The van der Waals surface area contributed by atoms with Crippen molar-refractivity contribution in [3.63, 3.8) is 0 Å². The van der Waals surface area contributed by atoms with E-state index in [2.05, 4.69) is 115 Å². The van der Waals surface area contributed by atoms with E-state index in [0.717, 1.165) is 27.7 Å². The number of carboxylic acids is 1. The van der Waals surface area contributed by atoms with E-state index >= 15 is 0 Å². The van der Waals surface area contributed by atoms with E-state index in [1.807, 2.05) is 12.1 Å². The molecule has 1 aliphatic rings. The van der Waals surface area contributed by atoms with E-state index in [9.17, 15) is 9.59 Å². The molecule has 5 nitrogen and oxygen atoms in total. The Morgan fingerprint density at radius 2 is 1.87 bits per heavy atom. The first-order chi connectivity index (χ1) is 17.8. The number of amides is 1. The predicted molar refractivity (Wildman–Crippen MR) is 171 cm³/mol. The molecule has 0 fully saturated rings. The Morgan fingerprint density at radius 1 is 1.18 bits per heavy atom. The molecule has 0 saturated carbocycles. The largest absolute Gasteiger partial charge is 0.486 e. The standard InChI is InChI=1S/C31H37I2NO4/c1-19-16-25(18-26(33)29(19)22-10-12-24(13-11-22)31(3,4)5)38-27(17-20(2)32)21-6-8-23(9-7-21)30(37)34-15-14-28(35)36/h6-12,16,18,20,24,27H,13-15,17H2,1-5H3,(H,34,37)(H,35,36). The zero-order valence-electron chi connectivity index (χ0n) is 22.7. The minimum absolute atomic E-state index is 0.102. The number of rotatable bonds is 10. The van der Waals surface area contributed by atoms with Crippen molar-refractivity contribution in [2.75, 3.05) is 6.54 Å². The highest BCUT2D eigenvalue weighted by molar-refractivity contribution is 14.1. The highest BCUT2D eigenvalue weighted by Crippen LogP contribution is 2.39. The Hall–Kier alpha value is -1.88. The number of hydrogen-bond acceptors (Lipinski definition) is 3. The van der Waals surface area contributed by atoms with Gasteiger partial charge in [0, 0.05) is 26.0 Å². The molecule has 2 N–H and O–H groups in total. The summed E-state index contributed by atoms with van der Waals surface area (Å²) in [5.41, 5.74) is 5.47. The Bertz CT molecular complexity index is 1190. The molecule has 0 saturated heterocycles. The van der Waals surface area contributed by atoms with Crippen LogP contribution < -0.4 is 10.1 Å². The van der Waals surface area contributed by atoms with E-state index in [0.29, 0.717) is 15.4 Å². The van der Waals surface area contributed by atoms with Crippen LogP contribution in [-0.4, -0.2) is 27.5 Å². The molecule has 0 aromatic heterocycles. The number of benzene rings is 2. The van der Waals surface area contributed by atoms with Crippen LogP contribution in [0.1, 0.15) is 80.1 Å². The van der Waals surface area contributed by atoms with Gasteiger partial charge in [0.25, 0.3) is 5.91 Å². The topological polar surface area (TPSA) is 75.6 Å². The molecule has 2 aromatic carbocycles. The lowest BCUT2D eigenvalue weighted by Crippen LogP contribution is -2.26. The van der Waals surface area contributed by atoms with Crippen molar-refractivity contribution in [3.05, 3.63) is 80.5 Å². The number of aliphatic carboxylic acids is 1. The maximum atomic E-state index is 12.3. The Kier molecular flexibility index (Phi) is 10.9. The number of halogens is 2. The summed E-state index contributed by atoms with van der Waals surface area (Å²) in [6.07, 6.45) is 8.59. The van der Waals surface area contributed by atoms with Crippen molar-refractivity contribution in [2.24, 2.45) is 11.3 Å². The number of nitrogens with one attached hydrogen (secondary N) is 1. The summed E-state index contributed by atoms with van der Waals surface area (Å²) in [7, 11) is 0. The average molecular weight is 741 g/mol. The molecule has 38 heavy (non-hydrogen) atoms. The molecule has 0 spiro atoms. The summed E-state index contributed by atoms with van der Waals surface area (Å²) in [5, 5.41) is 11.4. The number of allylic oxidation sites excluding steroid dienone is 4. The van der Waals surface area contributed by atoms with Gasteiger partial charge in [0.05, 0.1) is 6.42 Å². The summed E-state index contributed by atoms with van der Waals surface area (Å²) in [4.78, 5) is 23.0. The minimum atomic E-state index is -0.937. The first kappa shape index (κ1) is 30.7. The zero-order valence-corrected chi connectivity index (χ0v) is 27.0. The van der Waals surface area contributed by atoms with Crippen LogP contribution >= 0.6 is 45.2 Å². The Morgan fingerprint density at radius 3 is 2.39 bits per heavy atom. The second-order valence-corrected chi connectivity index (χ2v) is 14.3. The molecule has 0 aliphatic heterocycles. The number of hydrogen-bond donors (Lipinski definition) is 2. The van der Waals surface area contributed by atoms with Crippen LogP contribution in [-0.2, 0) is 4.79 Å². The molecule has 3 atom stereocenters. The minimum Gasteiger partial charge on any atom is -0.486 e. The van der Waals surface area contributed by atoms with Crippen molar-refractivity contribution in [3.8, 4) is 5.75 Å². The number of carboxylic acid groups (broad SMARTS) is 1. The molecule has 0 radical (unpaired) electrons. The van der Waals surface area contributed by atoms with Crippen molar-refractivity contribution in [1.29, 1.82) is 0 Å². The van der Waals surface area contributed by atoms with E-state index in [-0.39, 0.29) is 30.4 Å². The summed E-state index contributed by atoms with van der Waals surface area (Å²) in [6, 6.07) is 11.6. The molecule has 204 valence electrons. The third-order valence-corrected chi connectivity index (χ3v) is 8.11. The van der Waals surface area contributed by atoms with E-state index in [4.69, 9.17) is 9.84 Å². The molecule has 1 amide bonds. The van der Waals surface area contributed by atoms with Gasteiger partial charge in [-0.25, -0.2) is 0 Å². The van der Waals surface area contributed by atoms with Crippen molar-refractivity contribution in [2.45, 2.75) is 63.9 Å². The van der Waals surface area contributed by atoms with Gasteiger partial charge in [0.15, 0.2) is 0 Å². The predicted octanol–water partition coefficient (Wildman–Crippen LogP) is 8.14. The van der Waals surface area contributed by atoms with Gasteiger partial charge in [-0.2, -0.15) is 0 Å². The van der Waals surface area contributed by atoms with Crippen LogP contribution in [0.2, 0.25) is 0 Å². The van der Waals surface area contributed by atoms with Gasteiger partial charge in [-0.15, -0.1) is 0 Å². The fraction of sp³-hybridized carbons (Fsp3) is 0.419. The molecular formula is C31H37I2NO4. The van der Waals surface area contributed by atoms with Crippen LogP contribution in [0.3, 0.4) is 0 Å². The zero-order chi connectivity index (χ0) is 28.0. The van der Waals surface area contributed by atoms with Crippen molar-refractivity contribution >= 4 is 62.6 Å². The van der Waals surface area contributed by atoms with Gasteiger partial charge >= 0.3 is 5.97 Å². The third kappa shape index (κ3) is 8.56. The average Bonchev–Trinajstić information content (AvgIpc) is 2.82. The summed E-state index contributed by atoms with van der Waals surface area (Å²) >= 11 is 4.82. The number of aryl methyl sites for hydroxylation is 1. The molecule has 0 bridgehead atoms. The SMILES string of the molecule is Cc1cc(OC(CC(C)I)c2ccc(C(=O)NCCC(=O)O)cc2)cc(I)c1C1=CCC(C(C)(C)C)C=C1. The summed E-state index contributed by atoms with van der Waals surface area (Å²) < 4.78 is 8.11.